The van der Waals surface area contributed by atoms with Crippen LogP contribution >= 0.6 is 25.3 Å². The van der Waals surface area contributed by atoms with Crippen molar-refractivity contribution in [1.29, 1.82) is 0 Å². The number of aliphatic hydroxyl groups is 1. The Bertz CT molecular complexity index is 244. The summed E-state index contributed by atoms with van der Waals surface area (Å²) in [5.41, 5.74) is 0. The molecule has 128 valence electrons. The van der Waals surface area contributed by atoms with Crippen LogP contribution in [0.1, 0.15) is 59.3 Å². The van der Waals surface area contributed by atoms with Crippen molar-refractivity contribution in [1.82, 2.24) is 0 Å². The number of rotatable bonds is 14. The average molecular weight is 341 g/mol. The third-order valence-corrected chi connectivity index (χ3v) is 4.40. The van der Waals surface area contributed by atoms with Crippen molar-refractivity contribution in [2.24, 2.45) is 0 Å². The normalized spacial score (nSPS) is 15.1. The Balaban J connectivity index is 4.82. The first-order valence-corrected chi connectivity index (χ1v) is 9.05. The maximum Gasteiger partial charge on any atom is 0.322 e. The molecular formula is C15H32O4S2. The predicted molar refractivity (Wildman–Crippen MR) is 93.1 cm³/mol. The van der Waals surface area contributed by atoms with Crippen LogP contribution in [0.2, 0.25) is 0 Å². The standard InChI is InChI=1S/C15H32O4S2/c1-4-7-10-17-14(21,13-20)15(16,18-11-8-5-2)19-12-9-6-3/h16,20-21H,4-13H2,1-3H3. The summed E-state index contributed by atoms with van der Waals surface area (Å²) in [6.45, 7) is 7.47. The Kier molecular flexibility index (Phi) is 12.3. The number of thiol groups is 2. The first kappa shape index (κ1) is 21.5. The molecule has 0 saturated carbocycles. The van der Waals surface area contributed by atoms with E-state index in [1.165, 1.54) is 0 Å². The first-order chi connectivity index (χ1) is 9.99. The lowest BCUT2D eigenvalue weighted by molar-refractivity contribution is -0.406. The van der Waals surface area contributed by atoms with Crippen molar-refractivity contribution < 1.29 is 19.3 Å². The highest BCUT2D eigenvalue weighted by molar-refractivity contribution is 7.85. The molecule has 0 radical (unpaired) electrons. The van der Waals surface area contributed by atoms with Gasteiger partial charge in [0.05, 0.1) is 13.2 Å². The van der Waals surface area contributed by atoms with Gasteiger partial charge in [-0.1, -0.05) is 40.0 Å². The van der Waals surface area contributed by atoms with Crippen LogP contribution in [0.4, 0.5) is 0 Å². The average Bonchev–Trinajstić information content (AvgIpc) is 2.47. The SMILES string of the molecule is CCCCOC(S)(CS)C(O)(OCCCC)OCCCC. The quantitative estimate of drug-likeness (QED) is 0.257. The van der Waals surface area contributed by atoms with E-state index in [9.17, 15) is 5.11 Å². The second-order valence-electron chi connectivity index (χ2n) is 5.13. The Morgan fingerprint density at radius 3 is 1.52 bits per heavy atom. The molecule has 4 nitrogen and oxygen atoms in total. The van der Waals surface area contributed by atoms with Crippen LogP contribution in [0, 0.1) is 0 Å². The molecule has 6 heteroatoms. The molecule has 0 rings (SSSR count). The van der Waals surface area contributed by atoms with Crippen molar-refractivity contribution in [2.45, 2.75) is 70.2 Å². The van der Waals surface area contributed by atoms with Crippen molar-refractivity contribution in [3.63, 3.8) is 0 Å². The molecule has 0 aliphatic rings. The van der Waals surface area contributed by atoms with Crippen molar-refractivity contribution in [3.05, 3.63) is 0 Å². The topological polar surface area (TPSA) is 47.9 Å². The van der Waals surface area contributed by atoms with Crippen LogP contribution < -0.4 is 0 Å². The minimum Gasteiger partial charge on any atom is -0.356 e. The van der Waals surface area contributed by atoms with E-state index in [1.807, 2.05) is 0 Å². The van der Waals surface area contributed by atoms with Gasteiger partial charge in [-0.25, -0.2) is 0 Å². The molecule has 21 heavy (non-hydrogen) atoms. The van der Waals surface area contributed by atoms with Crippen molar-refractivity contribution in [2.75, 3.05) is 25.6 Å². The summed E-state index contributed by atoms with van der Waals surface area (Å²) >= 11 is 8.74. The molecule has 0 aromatic heterocycles. The minimum atomic E-state index is -1.88. The smallest absolute Gasteiger partial charge is 0.322 e. The molecular weight excluding hydrogens is 308 g/mol. The molecule has 0 heterocycles. The van der Waals surface area contributed by atoms with E-state index < -0.39 is 10.9 Å². The fraction of sp³-hybridized carbons (Fsp3) is 1.00. The van der Waals surface area contributed by atoms with Crippen LogP contribution in [0.25, 0.3) is 0 Å². The fourth-order valence-corrected chi connectivity index (χ4v) is 2.11. The molecule has 0 spiro atoms. The van der Waals surface area contributed by atoms with Gasteiger partial charge in [0.2, 0.25) is 4.93 Å². The summed E-state index contributed by atoms with van der Waals surface area (Å²) in [6, 6.07) is 0. The summed E-state index contributed by atoms with van der Waals surface area (Å²) in [5.74, 6) is -1.69. The highest BCUT2D eigenvalue weighted by Gasteiger charge is 2.51. The predicted octanol–water partition coefficient (Wildman–Crippen LogP) is 3.64. The van der Waals surface area contributed by atoms with E-state index in [0.717, 1.165) is 38.5 Å². The van der Waals surface area contributed by atoms with Crippen LogP contribution in [0.15, 0.2) is 0 Å². The number of hydrogen-bond donors (Lipinski definition) is 3. The molecule has 0 aromatic rings. The van der Waals surface area contributed by atoms with Crippen molar-refractivity contribution in [3.8, 4) is 0 Å². The van der Waals surface area contributed by atoms with E-state index in [1.54, 1.807) is 0 Å². The van der Waals surface area contributed by atoms with Crippen molar-refractivity contribution >= 4 is 25.3 Å². The Morgan fingerprint density at radius 1 is 0.810 bits per heavy atom. The van der Waals surface area contributed by atoms with Crippen LogP contribution in [0.5, 0.6) is 0 Å². The number of ether oxygens (including phenoxy) is 3. The molecule has 0 fully saturated rings. The zero-order valence-corrected chi connectivity index (χ0v) is 15.4. The van der Waals surface area contributed by atoms with Gasteiger partial charge in [-0.3, -0.25) is 0 Å². The summed E-state index contributed by atoms with van der Waals surface area (Å²) in [7, 11) is 0. The first-order valence-electron chi connectivity index (χ1n) is 7.97. The van der Waals surface area contributed by atoms with Crippen LogP contribution in [-0.2, 0) is 14.2 Å². The molecule has 1 atom stereocenters. The molecule has 1 unspecified atom stereocenters. The highest BCUT2D eigenvalue weighted by atomic mass is 32.1. The largest absolute Gasteiger partial charge is 0.356 e. The lowest BCUT2D eigenvalue weighted by Crippen LogP contribution is -2.58. The third kappa shape index (κ3) is 7.57. The summed E-state index contributed by atoms with van der Waals surface area (Å²) < 4.78 is 16.9. The Hall–Kier alpha value is 0.540. The van der Waals surface area contributed by atoms with E-state index >= 15 is 0 Å². The lowest BCUT2D eigenvalue weighted by atomic mass is 10.3. The van der Waals surface area contributed by atoms with Gasteiger partial charge in [0.25, 0.3) is 0 Å². The monoisotopic (exact) mass is 340 g/mol. The summed E-state index contributed by atoms with van der Waals surface area (Å²) in [4.78, 5) is -1.28. The Labute approximate surface area is 140 Å². The zero-order valence-electron chi connectivity index (χ0n) is 13.6. The number of unbranched alkanes of at least 4 members (excludes halogenated alkanes) is 3. The van der Waals surface area contributed by atoms with Gasteiger partial charge in [-0.15, -0.1) is 12.6 Å². The van der Waals surface area contributed by atoms with Gasteiger partial charge >= 0.3 is 5.97 Å². The second kappa shape index (κ2) is 12.0. The molecule has 0 aliphatic heterocycles. The summed E-state index contributed by atoms with van der Waals surface area (Å²) in [5, 5.41) is 10.8. The maximum atomic E-state index is 10.8. The van der Waals surface area contributed by atoms with Gasteiger partial charge in [-0.2, -0.15) is 12.6 Å². The van der Waals surface area contributed by atoms with Crippen LogP contribution in [-0.4, -0.2) is 41.6 Å². The number of hydrogen-bond acceptors (Lipinski definition) is 6. The Morgan fingerprint density at radius 2 is 1.19 bits per heavy atom. The van der Waals surface area contributed by atoms with E-state index in [4.69, 9.17) is 14.2 Å². The fourth-order valence-electron chi connectivity index (χ4n) is 1.60. The molecule has 0 bridgehead atoms. The zero-order chi connectivity index (χ0) is 16.2. The second-order valence-corrected chi connectivity index (χ2v) is 6.17. The highest BCUT2D eigenvalue weighted by Crippen LogP contribution is 2.35. The lowest BCUT2D eigenvalue weighted by Gasteiger charge is -2.41. The van der Waals surface area contributed by atoms with Gasteiger partial charge in [-0.05, 0) is 19.3 Å². The molecule has 0 saturated heterocycles. The van der Waals surface area contributed by atoms with Gasteiger partial charge in [0, 0.05) is 12.4 Å². The maximum absolute atomic E-state index is 10.8. The third-order valence-electron chi connectivity index (χ3n) is 3.14. The van der Waals surface area contributed by atoms with E-state index in [2.05, 4.69) is 46.0 Å². The van der Waals surface area contributed by atoms with E-state index in [-0.39, 0.29) is 5.75 Å². The van der Waals surface area contributed by atoms with Gasteiger partial charge in [0.1, 0.15) is 0 Å². The van der Waals surface area contributed by atoms with E-state index in [0.29, 0.717) is 19.8 Å². The molecule has 0 aromatic carbocycles. The molecule has 0 aliphatic carbocycles. The van der Waals surface area contributed by atoms with Gasteiger partial charge in [0.15, 0.2) is 0 Å². The minimum absolute atomic E-state index is 0.189. The van der Waals surface area contributed by atoms with Crippen LogP contribution in [0.3, 0.4) is 0 Å². The molecule has 0 amide bonds. The summed E-state index contributed by atoms with van der Waals surface area (Å²) in [6.07, 6.45) is 5.51. The van der Waals surface area contributed by atoms with Gasteiger partial charge < -0.3 is 19.3 Å². The molecule has 1 N–H and O–H groups in total.